The lowest BCUT2D eigenvalue weighted by Gasteiger charge is -2.32. The predicted octanol–water partition coefficient (Wildman–Crippen LogP) is 1.90. The molecule has 1 aromatic heterocycles. The smallest absolute Gasteiger partial charge is 0.250 e. The van der Waals surface area contributed by atoms with Gasteiger partial charge in [0, 0.05) is 12.6 Å². The third-order valence-electron chi connectivity index (χ3n) is 3.34. The van der Waals surface area contributed by atoms with Gasteiger partial charge in [0.2, 0.25) is 10.0 Å². The molecule has 6 heteroatoms. The zero-order chi connectivity index (χ0) is 13.0. The lowest BCUT2D eigenvalue weighted by atomic mass is 10.1. The maximum Gasteiger partial charge on any atom is 0.250 e. The van der Waals surface area contributed by atoms with Crippen molar-refractivity contribution in [3.8, 4) is 0 Å². The monoisotopic (exact) mass is 288 g/mol. The normalized spacial score (nSPS) is 19.8. The molecular formula is C12H20N2O2S2. The second-order valence-corrected chi connectivity index (χ2v) is 7.67. The fraction of sp³-hybridized carbons (Fsp3) is 0.667. The molecule has 1 aliphatic heterocycles. The van der Waals surface area contributed by atoms with E-state index in [1.807, 2.05) is 0 Å². The van der Waals surface area contributed by atoms with E-state index in [9.17, 15) is 8.42 Å². The highest BCUT2D eigenvalue weighted by molar-refractivity contribution is 7.91. The van der Waals surface area contributed by atoms with Gasteiger partial charge in [-0.3, -0.25) is 4.90 Å². The van der Waals surface area contributed by atoms with Gasteiger partial charge < -0.3 is 0 Å². The SMILES string of the molecule is CC(CNS(=O)(=O)c1cccs1)N1CCCCC1. The summed E-state index contributed by atoms with van der Waals surface area (Å²) in [5.74, 6) is 0. The fourth-order valence-electron chi connectivity index (χ4n) is 2.21. The number of nitrogens with zero attached hydrogens (tertiary/aromatic N) is 1. The number of hydrogen-bond donors (Lipinski definition) is 1. The molecule has 1 unspecified atom stereocenters. The number of rotatable bonds is 5. The Labute approximate surface area is 113 Å². The maximum absolute atomic E-state index is 12.0. The molecular weight excluding hydrogens is 268 g/mol. The molecule has 1 fully saturated rings. The Bertz CT molecular complexity index is 450. The average Bonchev–Trinajstić information content (AvgIpc) is 2.92. The summed E-state index contributed by atoms with van der Waals surface area (Å²) < 4.78 is 27.0. The first-order valence-corrected chi connectivity index (χ1v) is 8.73. The van der Waals surface area contributed by atoms with Crippen molar-refractivity contribution in [3.05, 3.63) is 17.5 Å². The van der Waals surface area contributed by atoms with Crippen LogP contribution in [-0.4, -0.2) is 39.0 Å². The molecule has 1 aromatic rings. The van der Waals surface area contributed by atoms with Crippen LogP contribution in [0.5, 0.6) is 0 Å². The van der Waals surface area contributed by atoms with Crippen LogP contribution in [0.25, 0.3) is 0 Å². The van der Waals surface area contributed by atoms with E-state index in [2.05, 4.69) is 16.5 Å². The Balaban J connectivity index is 1.87. The molecule has 0 radical (unpaired) electrons. The van der Waals surface area contributed by atoms with Crippen LogP contribution in [0, 0.1) is 0 Å². The van der Waals surface area contributed by atoms with Gasteiger partial charge in [0.05, 0.1) is 0 Å². The minimum Gasteiger partial charge on any atom is -0.299 e. The van der Waals surface area contributed by atoms with E-state index in [1.165, 1.54) is 30.6 Å². The molecule has 0 bridgehead atoms. The van der Waals surface area contributed by atoms with Gasteiger partial charge in [-0.05, 0) is 44.3 Å². The number of piperidine rings is 1. The van der Waals surface area contributed by atoms with Gasteiger partial charge in [-0.2, -0.15) is 0 Å². The Hall–Kier alpha value is -0.430. The summed E-state index contributed by atoms with van der Waals surface area (Å²) in [6.45, 7) is 4.74. The highest BCUT2D eigenvalue weighted by Crippen LogP contribution is 2.16. The van der Waals surface area contributed by atoms with Crippen LogP contribution in [0.4, 0.5) is 0 Å². The molecule has 18 heavy (non-hydrogen) atoms. The number of nitrogens with one attached hydrogen (secondary N) is 1. The van der Waals surface area contributed by atoms with Crippen molar-refractivity contribution in [1.82, 2.24) is 9.62 Å². The van der Waals surface area contributed by atoms with Crippen LogP contribution in [-0.2, 0) is 10.0 Å². The first-order chi connectivity index (χ1) is 8.59. The van der Waals surface area contributed by atoms with E-state index in [1.54, 1.807) is 17.5 Å². The minimum atomic E-state index is -3.31. The topological polar surface area (TPSA) is 49.4 Å². The Kier molecular flexibility index (Phi) is 4.77. The molecule has 0 aliphatic carbocycles. The van der Waals surface area contributed by atoms with Crippen molar-refractivity contribution in [2.45, 2.75) is 36.4 Å². The largest absolute Gasteiger partial charge is 0.299 e. The Morgan fingerprint density at radius 2 is 2.11 bits per heavy atom. The molecule has 1 saturated heterocycles. The van der Waals surface area contributed by atoms with Crippen molar-refractivity contribution < 1.29 is 8.42 Å². The molecule has 1 aliphatic rings. The quantitative estimate of drug-likeness (QED) is 0.900. The van der Waals surface area contributed by atoms with Crippen LogP contribution in [0.2, 0.25) is 0 Å². The number of thiophene rings is 1. The zero-order valence-electron chi connectivity index (χ0n) is 10.6. The van der Waals surface area contributed by atoms with Gasteiger partial charge in [-0.15, -0.1) is 11.3 Å². The molecule has 0 saturated carbocycles. The van der Waals surface area contributed by atoms with Crippen molar-refractivity contribution >= 4 is 21.4 Å². The van der Waals surface area contributed by atoms with Crippen LogP contribution in [0.3, 0.4) is 0 Å². The lowest BCUT2D eigenvalue weighted by molar-refractivity contribution is 0.175. The first-order valence-electron chi connectivity index (χ1n) is 6.37. The number of hydrogen-bond acceptors (Lipinski definition) is 4. The summed E-state index contributed by atoms with van der Waals surface area (Å²) in [6.07, 6.45) is 3.74. The van der Waals surface area contributed by atoms with Crippen LogP contribution in [0.1, 0.15) is 26.2 Å². The molecule has 1 N–H and O–H groups in total. The van der Waals surface area contributed by atoms with Gasteiger partial charge >= 0.3 is 0 Å². The standard InChI is InChI=1S/C12H20N2O2S2/c1-11(14-7-3-2-4-8-14)10-13-18(15,16)12-6-5-9-17-12/h5-6,9,11,13H,2-4,7-8,10H2,1H3. The summed E-state index contributed by atoms with van der Waals surface area (Å²) in [5.41, 5.74) is 0. The van der Waals surface area contributed by atoms with Crippen LogP contribution < -0.4 is 4.72 Å². The predicted molar refractivity (Wildman–Crippen MR) is 74.4 cm³/mol. The van der Waals surface area contributed by atoms with Crippen LogP contribution >= 0.6 is 11.3 Å². The van der Waals surface area contributed by atoms with Gasteiger partial charge in [0.15, 0.2) is 0 Å². The van der Waals surface area contributed by atoms with E-state index in [-0.39, 0.29) is 6.04 Å². The third-order valence-corrected chi connectivity index (χ3v) is 6.16. The van der Waals surface area contributed by atoms with Gasteiger partial charge in [0.25, 0.3) is 0 Å². The van der Waals surface area contributed by atoms with Crippen molar-refractivity contribution in [2.24, 2.45) is 0 Å². The first kappa shape index (κ1) is 14.0. The van der Waals surface area contributed by atoms with E-state index in [4.69, 9.17) is 0 Å². The van der Waals surface area contributed by atoms with E-state index in [0.29, 0.717) is 10.8 Å². The molecule has 2 heterocycles. The van der Waals surface area contributed by atoms with Gasteiger partial charge in [0.1, 0.15) is 4.21 Å². The van der Waals surface area contributed by atoms with Crippen molar-refractivity contribution in [2.75, 3.05) is 19.6 Å². The van der Waals surface area contributed by atoms with Crippen molar-refractivity contribution in [1.29, 1.82) is 0 Å². The van der Waals surface area contributed by atoms with Gasteiger partial charge in [-0.1, -0.05) is 12.5 Å². The average molecular weight is 288 g/mol. The molecule has 4 nitrogen and oxygen atoms in total. The molecule has 2 rings (SSSR count). The van der Waals surface area contributed by atoms with Crippen molar-refractivity contribution in [3.63, 3.8) is 0 Å². The number of sulfonamides is 1. The molecule has 102 valence electrons. The highest BCUT2D eigenvalue weighted by atomic mass is 32.2. The van der Waals surface area contributed by atoms with Gasteiger partial charge in [-0.25, -0.2) is 13.1 Å². The number of likely N-dealkylation sites (tertiary alicyclic amines) is 1. The lowest BCUT2D eigenvalue weighted by Crippen LogP contribution is -2.44. The summed E-state index contributed by atoms with van der Waals surface area (Å²) in [5, 5.41) is 1.78. The summed E-state index contributed by atoms with van der Waals surface area (Å²) in [6, 6.07) is 3.66. The Morgan fingerprint density at radius 1 is 1.39 bits per heavy atom. The van der Waals surface area contributed by atoms with E-state index >= 15 is 0 Å². The van der Waals surface area contributed by atoms with Crippen LogP contribution in [0.15, 0.2) is 21.7 Å². The molecule has 0 aromatic carbocycles. The summed E-state index contributed by atoms with van der Waals surface area (Å²) in [4.78, 5) is 2.36. The Morgan fingerprint density at radius 3 is 2.72 bits per heavy atom. The highest BCUT2D eigenvalue weighted by Gasteiger charge is 2.20. The molecule has 0 amide bonds. The molecule has 0 spiro atoms. The second kappa shape index (κ2) is 6.14. The summed E-state index contributed by atoms with van der Waals surface area (Å²) in [7, 11) is -3.31. The minimum absolute atomic E-state index is 0.264. The van der Waals surface area contributed by atoms with E-state index < -0.39 is 10.0 Å². The third kappa shape index (κ3) is 3.54. The summed E-state index contributed by atoms with van der Waals surface area (Å²) >= 11 is 1.25. The second-order valence-electron chi connectivity index (χ2n) is 4.73. The maximum atomic E-state index is 12.0. The zero-order valence-corrected chi connectivity index (χ0v) is 12.3. The molecule has 1 atom stereocenters. The fourth-order valence-corrected chi connectivity index (χ4v) is 4.37. The van der Waals surface area contributed by atoms with E-state index in [0.717, 1.165) is 13.1 Å².